The maximum absolute atomic E-state index is 12.7. The summed E-state index contributed by atoms with van der Waals surface area (Å²) in [7, 11) is 0. The molecule has 1 N–H and O–H groups in total. The summed E-state index contributed by atoms with van der Waals surface area (Å²) in [6, 6.07) is 5.14. The van der Waals surface area contributed by atoms with Crippen molar-refractivity contribution in [2.45, 2.75) is 51.1 Å². The standard InChI is InChI=1S/C23H31N3O4/c1-2-30-23(29)20-7-3-4-12-25(20)21(27)10-6-11-24-14-17-13-18(16-24)19-8-5-9-22(28)26(19)15-17/h5-6,8-10,17-18,20H,2-4,7,11-16H2,1H3/p+1/b10-6-/t17-,18+,20-/m0/s1. The van der Waals surface area contributed by atoms with E-state index in [1.165, 1.54) is 4.90 Å². The van der Waals surface area contributed by atoms with Gasteiger partial charge in [-0.1, -0.05) is 6.07 Å². The first kappa shape index (κ1) is 20.8. The minimum atomic E-state index is -0.452. The molecule has 1 unspecified atom stereocenters. The SMILES string of the molecule is CCOC(=O)[C@@H]1CCCCN1C(=O)/C=C\C[NH+]1C[C@@H]2C[C@H](C1)c1cccc(=O)n1C2. The second kappa shape index (κ2) is 9.16. The predicted molar refractivity (Wildman–Crippen MR) is 112 cm³/mol. The minimum Gasteiger partial charge on any atom is -0.464 e. The number of carbonyl (C=O) groups is 2. The van der Waals surface area contributed by atoms with Crippen molar-refractivity contribution >= 4 is 11.9 Å². The van der Waals surface area contributed by atoms with Crippen molar-refractivity contribution in [1.82, 2.24) is 9.47 Å². The van der Waals surface area contributed by atoms with Crippen LogP contribution in [-0.2, 0) is 20.9 Å². The van der Waals surface area contributed by atoms with E-state index in [0.29, 0.717) is 31.4 Å². The highest BCUT2D eigenvalue weighted by Gasteiger charge is 2.37. The van der Waals surface area contributed by atoms with Gasteiger partial charge in [-0.3, -0.25) is 9.59 Å². The molecule has 30 heavy (non-hydrogen) atoms. The molecule has 7 nitrogen and oxygen atoms in total. The molecule has 3 aliphatic heterocycles. The number of esters is 1. The van der Waals surface area contributed by atoms with E-state index in [0.717, 1.165) is 51.1 Å². The number of rotatable bonds is 5. The topological polar surface area (TPSA) is 73.1 Å². The lowest BCUT2D eigenvalue weighted by Crippen LogP contribution is -3.14. The summed E-state index contributed by atoms with van der Waals surface area (Å²) in [6.45, 7) is 6.32. The third kappa shape index (κ3) is 4.36. The third-order valence-electron chi connectivity index (χ3n) is 6.68. The molecule has 2 bridgehead atoms. The summed E-state index contributed by atoms with van der Waals surface area (Å²) >= 11 is 0. The molecule has 7 heteroatoms. The molecule has 162 valence electrons. The molecule has 1 aromatic heterocycles. The molecule has 3 aliphatic rings. The van der Waals surface area contributed by atoms with Crippen LogP contribution in [0.5, 0.6) is 0 Å². The molecular weight excluding hydrogens is 382 g/mol. The number of pyridine rings is 1. The molecule has 0 radical (unpaired) electrons. The number of piperidine rings is 2. The van der Waals surface area contributed by atoms with Crippen LogP contribution in [0.15, 0.2) is 35.1 Å². The molecule has 2 saturated heterocycles. The van der Waals surface area contributed by atoms with Crippen LogP contribution in [0.2, 0.25) is 0 Å². The van der Waals surface area contributed by atoms with Gasteiger partial charge in [-0.15, -0.1) is 0 Å². The van der Waals surface area contributed by atoms with Crippen molar-refractivity contribution in [3.8, 4) is 0 Å². The Morgan fingerprint density at radius 1 is 1.27 bits per heavy atom. The molecule has 1 aromatic rings. The van der Waals surface area contributed by atoms with E-state index in [1.54, 1.807) is 24.0 Å². The second-order valence-electron chi connectivity index (χ2n) is 8.76. The highest BCUT2D eigenvalue weighted by Crippen LogP contribution is 2.30. The Labute approximate surface area is 177 Å². The van der Waals surface area contributed by atoms with E-state index >= 15 is 0 Å². The molecule has 4 heterocycles. The fourth-order valence-electron chi connectivity index (χ4n) is 5.39. The third-order valence-corrected chi connectivity index (χ3v) is 6.68. The highest BCUT2D eigenvalue weighted by atomic mass is 16.5. The van der Waals surface area contributed by atoms with Crippen molar-refractivity contribution in [1.29, 1.82) is 0 Å². The molecule has 1 amide bonds. The Hall–Kier alpha value is -2.41. The minimum absolute atomic E-state index is 0.0961. The lowest BCUT2D eigenvalue weighted by Gasteiger charge is -2.40. The normalized spacial score (nSPS) is 28.2. The van der Waals surface area contributed by atoms with E-state index in [9.17, 15) is 14.4 Å². The van der Waals surface area contributed by atoms with Gasteiger partial charge in [0.15, 0.2) is 0 Å². The van der Waals surface area contributed by atoms with Gasteiger partial charge in [-0.05, 0) is 44.7 Å². The summed E-state index contributed by atoms with van der Waals surface area (Å²) in [5.74, 6) is 0.523. The summed E-state index contributed by atoms with van der Waals surface area (Å²) in [5.41, 5.74) is 1.26. The molecule has 0 spiro atoms. The summed E-state index contributed by atoms with van der Waals surface area (Å²) in [4.78, 5) is 40.2. The first-order chi connectivity index (χ1) is 14.6. The zero-order valence-corrected chi connectivity index (χ0v) is 17.7. The number of fused-ring (bicyclic) bond motifs is 4. The van der Waals surface area contributed by atoms with Crippen molar-refractivity contribution < 1.29 is 19.2 Å². The number of amides is 1. The van der Waals surface area contributed by atoms with Crippen LogP contribution in [0.3, 0.4) is 0 Å². The van der Waals surface area contributed by atoms with E-state index in [2.05, 4.69) is 6.07 Å². The Kier molecular flexibility index (Phi) is 6.37. The number of quaternary nitrogens is 1. The van der Waals surface area contributed by atoms with Gasteiger partial charge >= 0.3 is 5.97 Å². The zero-order chi connectivity index (χ0) is 21.1. The van der Waals surface area contributed by atoms with E-state index in [4.69, 9.17) is 4.74 Å². The lowest BCUT2D eigenvalue weighted by atomic mass is 9.83. The van der Waals surface area contributed by atoms with E-state index < -0.39 is 6.04 Å². The number of ether oxygens (including phenoxy) is 1. The number of aromatic nitrogens is 1. The molecule has 0 aromatic carbocycles. The first-order valence-corrected chi connectivity index (χ1v) is 11.2. The van der Waals surface area contributed by atoms with Crippen LogP contribution in [-0.4, -0.2) is 60.2 Å². The molecule has 2 fully saturated rings. The van der Waals surface area contributed by atoms with Gasteiger partial charge in [-0.25, -0.2) is 4.79 Å². The number of carbonyl (C=O) groups excluding carboxylic acids is 2. The maximum atomic E-state index is 12.7. The van der Waals surface area contributed by atoms with Crippen LogP contribution < -0.4 is 10.5 Å². The Balaban J connectivity index is 1.36. The largest absolute Gasteiger partial charge is 0.464 e. The second-order valence-corrected chi connectivity index (χ2v) is 8.76. The van der Waals surface area contributed by atoms with Crippen LogP contribution in [0.25, 0.3) is 0 Å². The summed E-state index contributed by atoms with van der Waals surface area (Å²) < 4.78 is 7.10. The van der Waals surface area contributed by atoms with Gasteiger partial charge in [0.25, 0.3) is 5.56 Å². The van der Waals surface area contributed by atoms with Crippen LogP contribution in [0, 0.1) is 5.92 Å². The van der Waals surface area contributed by atoms with Gasteiger partial charge in [0.1, 0.15) is 6.04 Å². The number of nitrogens with one attached hydrogen (secondary N) is 1. The van der Waals surface area contributed by atoms with Gasteiger partial charge in [0, 0.05) is 42.8 Å². The number of likely N-dealkylation sites (tertiary alicyclic amines) is 2. The average molecular weight is 415 g/mol. The highest BCUT2D eigenvalue weighted by molar-refractivity contribution is 5.91. The molecule has 0 saturated carbocycles. The lowest BCUT2D eigenvalue weighted by molar-refractivity contribution is -0.905. The zero-order valence-electron chi connectivity index (χ0n) is 17.7. The van der Waals surface area contributed by atoms with Crippen molar-refractivity contribution in [3.05, 3.63) is 46.4 Å². The molecule has 4 atom stereocenters. The van der Waals surface area contributed by atoms with Crippen LogP contribution in [0.1, 0.15) is 44.2 Å². The van der Waals surface area contributed by atoms with E-state index in [1.807, 2.05) is 16.7 Å². The Bertz CT molecular complexity index is 877. The quantitative estimate of drug-likeness (QED) is 0.558. The maximum Gasteiger partial charge on any atom is 0.328 e. The Morgan fingerprint density at radius 3 is 2.97 bits per heavy atom. The van der Waals surface area contributed by atoms with E-state index in [-0.39, 0.29) is 17.4 Å². The fraction of sp³-hybridized carbons (Fsp3) is 0.609. The molecular formula is C23H32N3O4+. The first-order valence-electron chi connectivity index (χ1n) is 11.2. The smallest absolute Gasteiger partial charge is 0.328 e. The summed E-state index contributed by atoms with van der Waals surface area (Å²) in [5, 5.41) is 0. The number of nitrogens with zero attached hydrogens (tertiary/aromatic N) is 2. The molecule has 0 aliphatic carbocycles. The monoisotopic (exact) mass is 414 g/mol. The van der Waals surface area contributed by atoms with Crippen molar-refractivity contribution in [2.75, 3.05) is 32.8 Å². The van der Waals surface area contributed by atoms with Gasteiger partial charge in [0.05, 0.1) is 26.2 Å². The van der Waals surface area contributed by atoms with Gasteiger partial charge in [0.2, 0.25) is 5.91 Å². The van der Waals surface area contributed by atoms with Crippen molar-refractivity contribution in [2.24, 2.45) is 5.92 Å². The molecule has 4 rings (SSSR count). The number of hydrogen-bond acceptors (Lipinski definition) is 4. The predicted octanol–water partition coefficient (Wildman–Crippen LogP) is 0.351. The van der Waals surface area contributed by atoms with Gasteiger partial charge < -0.3 is 19.1 Å². The average Bonchev–Trinajstić information content (AvgIpc) is 2.74. The number of hydrogen-bond donors (Lipinski definition) is 1. The fourth-order valence-corrected chi connectivity index (χ4v) is 5.39. The Morgan fingerprint density at radius 2 is 2.13 bits per heavy atom. The van der Waals surface area contributed by atoms with Crippen LogP contribution >= 0.6 is 0 Å². The van der Waals surface area contributed by atoms with Gasteiger partial charge in [-0.2, -0.15) is 0 Å². The van der Waals surface area contributed by atoms with Crippen molar-refractivity contribution in [3.63, 3.8) is 0 Å². The van der Waals surface area contributed by atoms with Crippen LogP contribution in [0.4, 0.5) is 0 Å². The summed E-state index contributed by atoms with van der Waals surface area (Å²) in [6.07, 6.45) is 7.28.